The molecule has 0 saturated heterocycles. The van der Waals surface area contributed by atoms with E-state index in [2.05, 4.69) is 29.6 Å². The predicted octanol–water partition coefficient (Wildman–Crippen LogP) is 5.56. The molecular formula is C22H20FNO. The molecule has 0 atom stereocenters. The van der Waals surface area contributed by atoms with Gasteiger partial charge in [-0.15, -0.1) is 0 Å². The lowest BCUT2D eigenvalue weighted by atomic mass is 10.0. The maximum Gasteiger partial charge on any atom is 0.152 e. The lowest BCUT2D eigenvalue weighted by Gasteiger charge is -2.11. The molecule has 0 aliphatic heterocycles. The maximum absolute atomic E-state index is 13.0. The van der Waals surface area contributed by atoms with Gasteiger partial charge in [0.1, 0.15) is 5.82 Å². The van der Waals surface area contributed by atoms with E-state index in [1.54, 1.807) is 12.1 Å². The van der Waals surface area contributed by atoms with Gasteiger partial charge in [0, 0.05) is 16.9 Å². The van der Waals surface area contributed by atoms with Crippen LogP contribution < -0.4 is 5.32 Å². The van der Waals surface area contributed by atoms with Gasteiger partial charge >= 0.3 is 0 Å². The van der Waals surface area contributed by atoms with Crippen molar-refractivity contribution >= 4 is 17.7 Å². The average Bonchev–Trinajstić information content (AvgIpc) is 2.65. The molecule has 0 spiro atoms. The van der Waals surface area contributed by atoms with Crippen LogP contribution in [0.2, 0.25) is 0 Å². The lowest BCUT2D eigenvalue weighted by Crippen LogP contribution is -1.98. The largest absolute Gasteiger partial charge is 0.355 e. The van der Waals surface area contributed by atoms with E-state index in [0.717, 1.165) is 36.9 Å². The SMILES string of the molecule is O=Cc1ccc(CCCc2ccccc2)cc1Nc1ccc(F)cc1. The molecule has 25 heavy (non-hydrogen) atoms. The number of aryl methyl sites for hydroxylation is 2. The van der Waals surface area contributed by atoms with Crippen molar-refractivity contribution < 1.29 is 9.18 Å². The quantitative estimate of drug-likeness (QED) is 0.574. The van der Waals surface area contributed by atoms with Gasteiger partial charge in [-0.25, -0.2) is 4.39 Å². The van der Waals surface area contributed by atoms with Gasteiger partial charge in [0.15, 0.2) is 6.29 Å². The smallest absolute Gasteiger partial charge is 0.152 e. The average molecular weight is 333 g/mol. The third-order valence-electron chi connectivity index (χ3n) is 4.14. The van der Waals surface area contributed by atoms with Crippen molar-refractivity contribution in [3.05, 3.63) is 95.3 Å². The summed E-state index contributed by atoms with van der Waals surface area (Å²) in [5.74, 6) is -0.282. The minimum atomic E-state index is -0.282. The number of anilines is 2. The second-order valence-electron chi connectivity index (χ2n) is 6.01. The fourth-order valence-electron chi connectivity index (χ4n) is 2.80. The van der Waals surface area contributed by atoms with E-state index in [1.165, 1.54) is 23.3 Å². The number of halogens is 1. The molecule has 0 aromatic heterocycles. The van der Waals surface area contributed by atoms with E-state index >= 15 is 0 Å². The van der Waals surface area contributed by atoms with Gasteiger partial charge in [0.25, 0.3) is 0 Å². The van der Waals surface area contributed by atoms with Gasteiger partial charge in [0.05, 0.1) is 0 Å². The number of carbonyl (C=O) groups is 1. The predicted molar refractivity (Wildman–Crippen MR) is 100.0 cm³/mol. The Morgan fingerprint density at radius 2 is 1.56 bits per heavy atom. The molecule has 0 bridgehead atoms. The summed E-state index contributed by atoms with van der Waals surface area (Å²) in [7, 11) is 0. The summed E-state index contributed by atoms with van der Waals surface area (Å²) in [6.07, 6.45) is 3.84. The zero-order valence-corrected chi connectivity index (χ0v) is 13.9. The van der Waals surface area contributed by atoms with Gasteiger partial charge in [-0.2, -0.15) is 0 Å². The number of aldehydes is 1. The molecule has 0 fully saturated rings. The van der Waals surface area contributed by atoms with Crippen LogP contribution in [0.15, 0.2) is 72.8 Å². The van der Waals surface area contributed by atoms with Crippen molar-refractivity contribution in [3.63, 3.8) is 0 Å². The molecule has 126 valence electrons. The summed E-state index contributed by atoms with van der Waals surface area (Å²) in [6.45, 7) is 0. The van der Waals surface area contributed by atoms with Crippen molar-refractivity contribution in [2.45, 2.75) is 19.3 Å². The van der Waals surface area contributed by atoms with Crippen LogP contribution in [-0.2, 0) is 12.8 Å². The molecule has 0 saturated carbocycles. The first-order valence-electron chi connectivity index (χ1n) is 8.39. The second-order valence-corrected chi connectivity index (χ2v) is 6.01. The second kappa shape index (κ2) is 8.25. The summed E-state index contributed by atoms with van der Waals surface area (Å²) in [4.78, 5) is 11.3. The van der Waals surface area contributed by atoms with Crippen LogP contribution in [0.25, 0.3) is 0 Å². The third kappa shape index (κ3) is 4.77. The van der Waals surface area contributed by atoms with E-state index in [0.29, 0.717) is 5.56 Å². The molecule has 0 amide bonds. The van der Waals surface area contributed by atoms with Crippen LogP contribution in [-0.4, -0.2) is 6.29 Å². The van der Waals surface area contributed by atoms with Gasteiger partial charge in [-0.1, -0.05) is 36.4 Å². The fourth-order valence-corrected chi connectivity index (χ4v) is 2.80. The van der Waals surface area contributed by atoms with Crippen molar-refractivity contribution in [3.8, 4) is 0 Å². The highest BCUT2D eigenvalue weighted by Gasteiger charge is 2.05. The highest BCUT2D eigenvalue weighted by atomic mass is 19.1. The Morgan fingerprint density at radius 1 is 0.840 bits per heavy atom. The van der Waals surface area contributed by atoms with Crippen LogP contribution in [0.1, 0.15) is 27.9 Å². The van der Waals surface area contributed by atoms with Crippen LogP contribution in [0.4, 0.5) is 15.8 Å². The summed E-state index contributed by atoms with van der Waals surface area (Å²) >= 11 is 0. The molecule has 2 nitrogen and oxygen atoms in total. The number of nitrogens with one attached hydrogen (secondary N) is 1. The monoisotopic (exact) mass is 333 g/mol. The standard InChI is InChI=1S/C22H20FNO/c23-20-11-13-21(14-12-20)24-22-15-18(9-10-19(22)16-25)8-4-7-17-5-2-1-3-6-17/h1-3,5-6,9-16,24H,4,7-8H2. The third-order valence-corrected chi connectivity index (χ3v) is 4.14. The molecule has 0 aliphatic carbocycles. The van der Waals surface area contributed by atoms with E-state index < -0.39 is 0 Å². The number of hydrogen-bond acceptors (Lipinski definition) is 2. The topological polar surface area (TPSA) is 29.1 Å². The molecule has 0 heterocycles. The number of carbonyl (C=O) groups excluding carboxylic acids is 1. The maximum atomic E-state index is 13.0. The zero-order chi connectivity index (χ0) is 17.5. The first kappa shape index (κ1) is 16.9. The molecule has 3 aromatic carbocycles. The van der Waals surface area contributed by atoms with Crippen LogP contribution in [0.3, 0.4) is 0 Å². The summed E-state index contributed by atoms with van der Waals surface area (Å²) in [6, 6.07) is 22.3. The fraction of sp³-hybridized carbons (Fsp3) is 0.136. The van der Waals surface area contributed by atoms with E-state index in [9.17, 15) is 9.18 Å². The Bertz CT molecular complexity index is 828. The Hall–Kier alpha value is -2.94. The molecule has 3 rings (SSSR count). The Labute approximate surface area is 147 Å². The first-order chi connectivity index (χ1) is 12.2. The first-order valence-corrected chi connectivity index (χ1v) is 8.39. The van der Waals surface area contributed by atoms with Gasteiger partial charge in [-0.05, 0) is 66.8 Å². The number of benzene rings is 3. The summed E-state index contributed by atoms with van der Waals surface area (Å²) in [5.41, 5.74) is 4.60. The molecular weight excluding hydrogens is 313 g/mol. The molecule has 3 aromatic rings. The van der Waals surface area contributed by atoms with E-state index in [4.69, 9.17) is 0 Å². The van der Waals surface area contributed by atoms with E-state index in [-0.39, 0.29) is 5.82 Å². The highest BCUT2D eigenvalue weighted by Crippen LogP contribution is 2.23. The molecule has 0 unspecified atom stereocenters. The number of hydrogen-bond donors (Lipinski definition) is 1. The summed E-state index contributed by atoms with van der Waals surface area (Å²) in [5, 5.41) is 3.20. The molecule has 1 N–H and O–H groups in total. The summed E-state index contributed by atoms with van der Waals surface area (Å²) < 4.78 is 13.0. The highest BCUT2D eigenvalue weighted by molar-refractivity contribution is 5.86. The molecule has 3 heteroatoms. The zero-order valence-electron chi connectivity index (χ0n) is 13.9. The van der Waals surface area contributed by atoms with Crippen LogP contribution in [0, 0.1) is 5.82 Å². The van der Waals surface area contributed by atoms with Crippen molar-refractivity contribution in [1.82, 2.24) is 0 Å². The van der Waals surface area contributed by atoms with Crippen molar-refractivity contribution in [2.75, 3.05) is 5.32 Å². The van der Waals surface area contributed by atoms with Crippen molar-refractivity contribution in [2.24, 2.45) is 0 Å². The normalized spacial score (nSPS) is 10.4. The Morgan fingerprint density at radius 3 is 2.28 bits per heavy atom. The molecule has 0 aliphatic rings. The van der Waals surface area contributed by atoms with Gasteiger partial charge < -0.3 is 5.32 Å². The lowest BCUT2D eigenvalue weighted by molar-refractivity contribution is 0.112. The van der Waals surface area contributed by atoms with Gasteiger partial charge in [-0.3, -0.25) is 4.79 Å². The van der Waals surface area contributed by atoms with Crippen LogP contribution >= 0.6 is 0 Å². The Kier molecular flexibility index (Phi) is 5.57. The minimum absolute atomic E-state index is 0.282. The molecule has 0 radical (unpaired) electrons. The van der Waals surface area contributed by atoms with E-state index in [1.807, 2.05) is 24.3 Å². The number of rotatable bonds is 7. The Balaban J connectivity index is 1.68. The van der Waals surface area contributed by atoms with Crippen molar-refractivity contribution in [1.29, 1.82) is 0 Å². The van der Waals surface area contributed by atoms with Gasteiger partial charge in [0.2, 0.25) is 0 Å². The minimum Gasteiger partial charge on any atom is -0.355 e. The van der Waals surface area contributed by atoms with Crippen LogP contribution in [0.5, 0.6) is 0 Å².